The second kappa shape index (κ2) is 6.81. The molecule has 0 unspecified atom stereocenters. The van der Waals surface area contributed by atoms with Gasteiger partial charge in [-0.3, -0.25) is 4.79 Å². The number of fused-ring (bicyclic) bond motifs is 1. The van der Waals surface area contributed by atoms with Gasteiger partial charge in [0.2, 0.25) is 0 Å². The number of hydrogen-bond donors (Lipinski definition) is 1. The van der Waals surface area contributed by atoms with Crippen LogP contribution >= 0.6 is 11.3 Å². The summed E-state index contributed by atoms with van der Waals surface area (Å²) < 4.78 is 10.4. The van der Waals surface area contributed by atoms with Crippen molar-refractivity contribution in [3.8, 4) is 0 Å². The SMILES string of the molecule is CCOC(=O)c1c(NC(=O)c2ccoc2C)sc2c1CC[C@@H](C)C2. The highest BCUT2D eigenvalue weighted by Crippen LogP contribution is 2.40. The third-order valence-electron chi connectivity index (χ3n) is 4.32. The Labute approximate surface area is 145 Å². The predicted molar refractivity (Wildman–Crippen MR) is 92.9 cm³/mol. The van der Waals surface area contributed by atoms with Gasteiger partial charge < -0.3 is 14.5 Å². The molecule has 0 saturated carbocycles. The number of carbonyl (C=O) groups is 2. The largest absolute Gasteiger partial charge is 0.469 e. The van der Waals surface area contributed by atoms with E-state index in [0.717, 1.165) is 24.8 Å². The van der Waals surface area contributed by atoms with Crippen LogP contribution in [0.3, 0.4) is 0 Å². The Morgan fingerprint density at radius 1 is 1.46 bits per heavy atom. The summed E-state index contributed by atoms with van der Waals surface area (Å²) in [4.78, 5) is 26.1. The molecule has 0 saturated heterocycles. The van der Waals surface area contributed by atoms with Gasteiger partial charge in [0.25, 0.3) is 5.91 Å². The number of furan rings is 1. The fourth-order valence-electron chi connectivity index (χ4n) is 3.05. The van der Waals surface area contributed by atoms with E-state index in [0.29, 0.717) is 34.4 Å². The highest BCUT2D eigenvalue weighted by molar-refractivity contribution is 7.17. The van der Waals surface area contributed by atoms with E-state index in [4.69, 9.17) is 9.15 Å². The van der Waals surface area contributed by atoms with Crippen LogP contribution in [0.15, 0.2) is 16.7 Å². The van der Waals surface area contributed by atoms with Crippen LogP contribution in [0, 0.1) is 12.8 Å². The van der Waals surface area contributed by atoms with E-state index in [-0.39, 0.29) is 11.9 Å². The second-order valence-corrected chi connectivity index (χ2v) is 7.23. The molecule has 0 aliphatic heterocycles. The summed E-state index contributed by atoms with van der Waals surface area (Å²) in [5.74, 6) is 0.521. The molecule has 1 aliphatic rings. The Balaban J connectivity index is 1.96. The van der Waals surface area contributed by atoms with Gasteiger partial charge in [-0.15, -0.1) is 11.3 Å². The van der Waals surface area contributed by atoms with Crippen LogP contribution in [0.2, 0.25) is 0 Å². The van der Waals surface area contributed by atoms with Crippen LogP contribution in [0.4, 0.5) is 5.00 Å². The van der Waals surface area contributed by atoms with Crippen LogP contribution < -0.4 is 5.32 Å². The van der Waals surface area contributed by atoms with Crippen molar-refractivity contribution in [3.05, 3.63) is 39.7 Å². The lowest BCUT2D eigenvalue weighted by Gasteiger charge is -2.18. The Morgan fingerprint density at radius 2 is 2.25 bits per heavy atom. The average molecular weight is 347 g/mol. The second-order valence-electron chi connectivity index (χ2n) is 6.12. The first-order valence-corrected chi connectivity index (χ1v) is 9.00. The molecule has 0 bridgehead atoms. The maximum absolute atomic E-state index is 12.5. The number of hydrogen-bond acceptors (Lipinski definition) is 5. The molecule has 1 aliphatic carbocycles. The van der Waals surface area contributed by atoms with Gasteiger partial charge in [0.15, 0.2) is 0 Å². The minimum absolute atomic E-state index is 0.265. The van der Waals surface area contributed by atoms with Gasteiger partial charge in [-0.05, 0) is 50.7 Å². The summed E-state index contributed by atoms with van der Waals surface area (Å²) in [5.41, 5.74) is 2.04. The van der Waals surface area contributed by atoms with E-state index < -0.39 is 0 Å². The lowest BCUT2D eigenvalue weighted by atomic mass is 9.88. The van der Waals surface area contributed by atoms with Gasteiger partial charge in [0.05, 0.1) is 24.0 Å². The topological polar surface area (TPSA) is 68.5 Å². The normalized spacial score (nSPS) is 16.5. The number of thiophene rings is 1. The maximum Gasteiger partial charge on any atom is 0.341 e. The van der Waals surface area contributed by atoms with Crippen LogP contribution in [-0.4, -0.2) is 18.5 Å². The van der Waals surface area contributed by atoms with Crippen molar-refractivity contribution in [2.24, 2.45) is 5.92 Å². The van der Waals surface area contributed by atoms with Crippen molar-refractivity contribution in [2.75, 3.05) is 11.9 Å². The third-order valence-corrected chi connectivity index (χ3v) is 5.49. The van der Waals surface area contributed by atoms with Crippen molar-refractivity contribution in [2.45, 2.75) is 40.0 Å². The summed E-state index contributed by atoms with van der Waals surface area (Å²) in [6, 6.07) is 1.63. The van der Waals surface area contributed by atoms with Crippen LogP contribution in [0.1, 0.15) is 57.2 Å². The molecule has 0 radical (unpaired) electrons. The molecule has 2 aromatic heterocycles. The molecule has 2 aromatic rings. The molecule has 1 N–H and O–H groups in total. The quantitative estimate of drug-likeness (QED) is 0.842. The molecular formula is C18H21NO4S. The highest BCUT2D eigenvalue weighted by atomic mass is 32.1. The zero-order valence-electron chi connectivity index (χ0n) is 14.1. The molecule has 24 heavy (non-hydrogen) atoms. The van der Waals surface area contributed by atoms with E-state index in [2.05, 4.69) is 12.2 Å². The molecular weight excluding hydrogens is 326 g/mol. The molecule has 6 heteroatoms. The van der Waals surface area contributed by atoms with Crippen LogP contribution in [0.25, 0.3) is 0 Å². The van der Waals surface area contributed by atoms with E-state index in [9.17, 15) is 9.59 Å². The van der Waals surface area contributed by atoms with Gasteiger partial charge in [-0.1, -0.05) is 6.92 Å². The Kier molecular flexibility index (Phi) is 4.76. The smallest absolute Gasteiger partial charge is 0.341 e. The lowest BCUT2D eigenvalue weighted by molar-refractivity contribution is 0.0526. The summed E-state index contributed by atoms with van der Waals surface area (Å²) in [6.07, 6.45) is 4.32. The predicted octanol–water partition coefficient (Wildman–Crippen LogP) is 4.20. The molecule has 3 rings (SSSR count). The van der Waals surface area contributed by atoms with Gasteiger partial charge in [-0.25, -0.2) is 4.79 Å². The summed E-state index contributed by atoms with van der Waals surface area (Å²) in [6.45, 7) is 6.04. The Morgan fingerprint density at radius 3 is 2.92 bits per heavy atom. The zero-order chi connectivity index (χ0) is 17.3. The van der Waals surface area contributed by atoms with Gasteiger partial charge >= 0.3 is 5.97 Å². The van der Waals surface area contributed by atoms with Crippen LogP contribution in [0.5, 0.6) is 0 Å². The molecule has 0 spiro atoms. The lowest BCUT2D eigenvalue weighted by Crippen LogP contribution is -2.16. The minimum atomic E-state index is -0.358. The van der Waals surface area contributed by atoms with Gasteiger partial charge in [0, 0.05) is 4.88 Å². The van der Waals surface area contributed by atoms with Gasteiger partial charge in [0.1, 0.15) is 10.8 Å². The third kappa shape index (κ3) is 3.11. The molecule has 2 heterocycles. The first-order valence-electron chi connectivity index (χ1n) is 8.18. The standard InChI is InChI=1S/C18H21NO4S/c1-4-22-18(21)15-13-6-5-10(2)9-14(13)24-17(15)19-16(20)12-7-8-23-11(12)3/h7-8,10H,4-6,9H2,1-3H3,(H,19,20)/t10-/m1/s1. The zero-order valence-corrected chi connectivity index (χ0v) is 14.9. The summed E-state index contributed by atoms with van der Waals surface area (Å²) >= 11 is 1.49. The first-order chi connectivity index (χ1) is 11.5. The monoisotopic (exact) mass is 347 g/mol. The number of esters is 1. The average Bonchev–Trinajstić information content (AvgIpc) is 3.10. The van der Waals surface area contributed by atoms with E-state index in [1.54, 1.807) is 19.9 Å². The molecule has 1 atom stereocenters. The molecule has 0 aromatic carbocycles. The number of ether oxygens (including phenoxy) is 1. The number of rotatable bonds is 4. The summed E-state index contributed by atoms with van der Waals surface area (Å²) in [5, 5.41) is 3.47. The van der Waals surface area contributed by atoms with E-state index >= 15 is 0 Å². The number of amides is 1. The molecule has 128 valence electrons. The fraction of sp³-hybridized carbons (Fsp3) is 0.444. The molecule has 1 amide bonds. The van der Waals surface area contributed by atoms with Crippen molar-refractivity contribution in [1.82, 2.24) is 0 Å². The van der Waals surface area contributed by atoms with E-state index in [1.165, 1.54) is 22.5 Å². The molecule has 5 nitrogen and oxygen atoms in total. The number of nitrogens with one attached hydrogen (secondary N) is 1. The minimum Gasteiger partial charge on any atom is -0.469 e. The van der Waals surface area contributed by atoms with Crippen molar-refractivity contribution in [3.63, 3.8) is 0 Å². The van der Waals surface area contributed by atoms with Gasteiger partial charge in [-0.2, -0.15) is 0 Å². The number of carbonyl (C=O) groups excluding carboxylic acids is 2. The van der Waals surface area contributed by atoms with E-state index in [1.807, 2.05) is 0 Å². The maximum atomic E-state index is 12.5. The first kappa shape index (κ1) is 16.8. The number of anilines is 1. The van der Waals surface area contributed by atoms with Crippen molar-refractivity contribution in [1.29, 1.82) is 0 Å². The highest BCUT2D eigenvalue weighted by Gasteiger charge is 2.29. The van der Waals surface area contributed by atoms with Crippen LogP contribution in [-0.2, 0) is 17.6 Å². The molecule has 0 fully saturated rings. The number of aryl methyl sites for hydroxylation is 1. The van der Waals surface area contributed by atoms with Crippen molar-refractivity contribution < 1.29 is 18.7 Å². The Bertz CT molecular complexity index is 774. The summed E-state index contributed by atoms with van der Waals surface area (Å²) in [7, 11) is 0. The Hall–Kier alpha value is -2.08. The fourth-order valence-corrected chi connectivity index (χ4v) is 4.44. The van der Waals surface area contributed by atoms with Crippen molar-refractivity contribution >= 4 is 28.2 Å².